The molecule has 2 heterocycles. The molecule has 1 fully saturated rings. The van der Waals surface area contributed by atoms with Crippen molar-refractivity contribution in [3.63, 3.8) is 0 Å². The third kappa shape index (κ3) is 4.43. The van der Waals surface area contributed by atoms with E-state index in [1.54, 1.807) is 4.90 Å². The van der Waals surface area contributed by atoms with E-state index in [0.29, 0.717) is 24.0 Å². The first-order chi connectivity index (χ1) is 14.9. The zero-order valence-corrected chi connectivity index (χ0v) is 16.7. The van der Waals surface area contributed by atoms with Crippen molar-refractivity contribution in [3.8, 4) is 6.07 Å². The van der Waals surface area contributed by atoms with Crippen LogP contribution in [0.1, 0.15) is 47.9 Å². The van der Waals surface area contributed by atoms with Crippen LogP contribution in [0.4, 0.5) is 18.0 Å². The van der Waals surface area contributed by atoms with Crippen molar-refractivity contribution in [1.29, 1.82) is 5.26 Å². The SMILES string of the molecule is N#Cc1ccc(C(F)(F)F)cc1C1=CC2CCCC(C1)N2C(=O)OCc1ccccc1. The third-order valence-corrected chi connectivity index (χ3v) is 5.87. The van der Waals surface area contributed by atoms with Gasteiger partial charge >= 0.3 is 12.3 Å². The lowest BCUT2D eigenvalue weighted by Gasteiger charge is -2.44. The Morgan fingerprint density at radius 1 is 1.16 bits per heavy atom. The van der Waals surface area contributed by atoms with E-state index in [9.17, 15) is 23.2 Å². The summed E-state index contributed by atoms with van der Waals surface area (Å²) in [5, 5.41) is 9.42. The first kappa shape index (κ1) is 21.0. The highest BCUT2D eigenvalue weighted by Crippen LogP contribution is 2.40. The Hall–Kier alpha value is -3.27. The van der Waals surface area contributed by atoms with Gasteiger partial charge in [0.1, 0.15) is 6.61 Å². The number of nitriles is 1. The molecule has 0 aliphatic carbocycles. The Bertz CT molecular complexity index is 1040. The number of rotatable bonds is 3. The lowest BCUT2D eigenvalue weighted by Crippen LogP contribution is -2.51. The molecule has 0 spiro atoms. The van der Waals surface area contributed by atoms with Gasteiger partial charge in [0.05, 0.1) is 23.2 Å². The number of halogens is 3. The summed E-state index contributed by atoms with van der Waals surface area (Å²) in [5.74, 6) is 0. The van der Waals surface area contributed by atoms with E-state index in [4.69, 9.17) is 4.74 Å². The maximum atomic E-state index is 13.2. The van der Waals surface area contributed by atoms with Gasteiger partial charge in [0.15, 0.2) is 0 Å². The minimum absolute atomic E-state index is 0.164. The number of hydrogen-bond donors (Lipinski definition) is 0. The number of ether oxygens (including phenoxy) is 1. The smallest absolute Gasteiger partial charge is 0.416 e. The monoisotopic (exact) mass is 426 g/mol. The van der Waals surface area contributed by atoms with Crippen LogP contribution in [0.15, 0.2) is 54.6 Å². The standard InChI is InChI=1S/C24H21F3N2O2/c25-24(26,27)19-10-9-17(14-28)22(13-19)18-11-20-7-4-8-21(12-18)29(20)23(30)31-15-16-5-2-1-3-6-16/h1-3,5-6,9-11,13,20-21H,4,7-8,12,15H2. The fourth-order valence-electron chi connectivity index (χ4n) is 4.39. The largest absolute Gasteiger partial charge is 0.445 e. The molecule has 2 aliphatic rings. The van der Waals surface area contributed by atoms with Crippen molar-refractivity contribution in [2.24, 2.45) is 0 Å². The van der Waals surface area contributed by atoms with Gasteiger partial charge in [-0.05, 0) is 60.6 Å². The summed E-state index contributed by atoms with van der Waals surface area (Å²) in [5.41, 5.74) is 1.29. The summed E-state index contributed by atoms with van der Waals surface area (Å²) in [6.07, 6.45) is -0.298. The van der Waals surface area contributed by atoms with Crippen molar-refractivity contribution < 1.29 is 22.7 Å². The van der Waals surface area contributed by atoms with E-state index in [1.807, 2.05) is 42.5 Å². The lowest BCUT2D eigenvalue weighted by molar-refractivity contribution is -0.137. The first-order valence-corrected chi connectivity index (χ1v) is 10.2. The molecule has 1 amide bonds. The fourth-order valence-corrected chi connectivity index (χ4v) is 4.39. The zero-order valence-electron chi connectivity index (χ0n) is 16.7. The summed E-state index contributed by atoms with van der Waals surface area (Å²) in [7, 11) is 0. The maximum Gasteiger partial charge on any atom is 0.416 e. The number of fused-ring (bicyclic) bond motifs is 2. The van der Waals surface area contributed by atoms with E-state index in [2.05, 4.69) is 0 Å². The van der Waals surface area contributed by atoms with Crippen LogP contribution in [0.2, 0.25) is 0 Å². The Morgan fingerprint density at radius 2 is 1.94 bits per heavy atom. The average molecular weight is 426 g/mol. The van der Waals surface area contributed by atoms with Gasteiger partial charge in [0.25, 0.3) is 0 Å². The molecule has 1 saturated heterocycles. The van der Waals surface area contributed by atoms with Crippen molar-refractivity contribution >= 4 is 11.7 Å². The molecular formula is C24H21F3N2O2. The van der Waals surface area contributed by atoms with E-state index < -0.39 is 17.8 Å². The first-order valence-electron chi connectivity index (χ1n) is 10.2. The number of carbonyl (C=O) groups is 1. The molecule has 0 aromatic heterocycles. The van der Waals surface area contributed by atoms with Crippen LogP contribution in [-0.2, 0) is 17.5 Å². The van der Waals surface area contributed by atoms with Crippen LogP contribution in [0, 0.1) is 11.3 Å². The number of piperidine rings is 1. The van der Waals surface area contributed by atoms with Gasteiger partial charge in [-0.2, -0.15) is 18.4 Å². The van der Waals surface area contributed by atoms with E-state index in [-0.39, 0.29) is 24.3 Å². The summed E-state index contributed by atoms with van der Waals surface area (Å²) in [6.45, 7) is 0.165. The van der Waals surface area contributed by atoms with Gasteiger partial charge in [-0.3, -0.25) is 4.90 Å². The van der Waals surface area contributed by atoms with E-state index in [1.165, 1.54) is 6.07 Å². The Morgan fingerprint density at radius 3 is 2.61 bits per heavy atom. The molecular weight excluding hydrogens is 405 g/mol. The molecule has 2 unspecified atom stereocenters. The third-order valence-electron chi connectivity index (χ3n) is 5.87. The van der Waals surface area contributed by atoms with Crippen LogP contribution in [-0.4, -0.2) is 23.1 Å². The van der Waals surface area contributed by atoms with Gasteiger partial charge in [-0.25, -0.2) is 4.79 Å². The molecule has 0 radical (unpaired) electrons. The molecule has 160 valence electrons. The highest BCUT2D eigenvalue weighted by atomic mass is 19.4. The van der Waals surface area contributed by atoms with E-state index in [0.717, 1.165) is 30.5 Å². The Balaban J connectivity index is 1.59. The summed E-state index contributed by atoms with van der Waals surface area (Å²) >= 11 is 0. The van der Waals surface area contributed by atoms with Crippen LogP contribution in [0.25, 0.3) is 5.57 Å². The van der Waals surface area contributed by atoms with Gasteiger partial charge in [0, 0.05) is 6.04 Å². The number of benzene rings is 2. The Kier molecular flexibility index (Phi) is 5.73. The molecule has 2 aromatic rings. The number of amides is 1. The Labute approximate surface area is 178 Å². The topological polar surface area (TPSA) is 53.3 Å². The highest BCUT2D eigenvalue weighted by molar-refractivity contribution is 5.77. The van der Waals surface area contributed by atoms with Crippen molar-refractivity contribution in [2.75, 3.05) is 0 Å². The molecule has 4 rings (SSSR count). The molecule has 2 bridgehead atoms. The second-order valence-electron chi connectivity index (χ2n) is 7.87. The molecule has 7 heteroatoms. The quantitative estimate of drug-likeness (QED) is 0.612. The van der Waals surface area contributed by atoms with E-state index >= 15 is 0 Å². The number of alkyl halides is 3. The molecule has 4 nitrogen and oxygen atoms in total. The van der Waals surface area contributed by atoms with Gasteiger partial charge in [-0.1, -0.05) is 36.4 Å². The summed E-state index contributed by atoms with van der Waals surface area (Å²) < 4.78 is 45.2. The number of hydrogen-bond acceptors (Lipinski definition) is 3. The average Bonchev–Trinajstić information content (AvgIpc) is 2.76. The van der Waals surface area contributed by atoms with Gasteiger partial charge in [-0.15, -0.1) is 0 Å². The predicted molar refractivity (Wildman–Crippen MR) is 109 cm³/mol. The van der Waals surface area contributed by atoms with Crippen LogP contribution < -0.4 is 0 Å². The summed E-state index contributed by atoms with van der Waals surface area (Å²) in [6, 6.07) is 14.1. The molecule has 31 heavy (non-hydrogen) atoms. The molecule has 2 aliphatic heterocycles. The second kappa shape index (κ2) is 8.46. The zero-order chi connectivity index (χ0) is 22.0. The molecule has 2 atom stereocenters. The fraction of sp³-hybridized carbons (Fsp3) is 0.333. The normalized spacial score (nSPS) is 20.6. The highest BCUT2D eigenvalue weighted by Gasteiger charge is 2.39. The lowest BCUT2D eigenvalue weighted by atomic mass is 9.81. The maximum absolute atomic E-state index is 13.2. The van der Waals surface area contributed by atoms with Crippen molar-refractivity contribution in [2.45, 2.75) is 50.6 Å². The molecule has 0 N–H and O–H groups in total. The van der Waals surface area contributed by atoms with Crippen molar-refractivity contribution in [1.82, 2.24) is 4.90 Å². The minimum atomic E-state index is -4.49. The number of carbonyl (C=O) groups excluding carboxylic acids is 1. The second-order valence-corrected chi connectivity index (χ2v) is 7.87. The van der Waals surface area contributed by atoms with Gasteiger partial charge in [0.2, 0.25) is 0 Å². The summed E-state index contributed by atoms with van der Waals surface area (Å²) in [4.78, 5) is 14.5. The minimum Gasteiger partial charge on any atom is -0.445 e. The molecule has 0 saturated carbocycles. The van der Waals surface area contributed by atoms with Gasteiger partial charge < -0.3 is 4.74 Å². The molecule has 2 aromatic carbocycles. The van der Waals surface area contributed by atoms with Crippen LogP contribution in [0.3, 0.4) is 0 Å². The van der Waals surface area contributed by atoms with Crippen molar-refractivity contribution in [3.05, 3.63) is 76.9 Å². The number of nitrogens with zero attached hydrogens (tertiary/aromatic N) is 2. The van der Waals surface area contributed by atoms with Crippen LogP contribution >= 0.6 is 0 Å². The predicted octanol–water partition coefficient (Wildman–Crippen LogP) is 5.92. The van der Waals surface area contributed by atoms with Crippen LogP contribution in [0.5, 0.6) is 0 Å².